The maximum atomic E-state index is 12.0. The molecule has 0 aliphatic heterocycles. The van der Waals surface area contributed by atoms with Gasteiger partial charge < -0.3 is 10.6 Å². The van der Waals surface area contributed by atoms with E-state index in [0.29, 0.717) is 11.5 Å². The Labute approximate surface area is 140 Å². The summed E-state index contributed by atoms with van der Waals surface area (Å²) in [6, 6.07) is 23.6. The lowest BCUT2D eigenvalue weighted by atomic mass is 10.1. The minimum absolute atomic E-state index is 0.130. The molecule has 23 heavy (non-hydrogen) atoms. The summed E-state index contributed by atoms with van der Waals surface area (Å²) < 4.78 is 0. The van der Waals surface area contributed by atoms with Crippen LogP contribution in [-0.2, 0) is 11.2 Å². The molecule has 3 nitrogen and oxygen atoms in total. The van der Waals surface area contributed by atoms with Crippen LogP contribution in [0.3, 0.4) is 0 Å². The van der Waals surface area contributed by atoms with E-state index < -0.39 is 0 Å². The molecule has 0 heterocycles. The number of fused-ring (bicyclic) bond motifs is 1. The Bertz CT molecular complexity index is 846. The van der Waals surface area contributed by atoms with Gasteiger partial charge in [-0.2, -0.15) is 0 Å². The third-order valence-corrected chi connectivity index (χ3v) is 3.67. The van der Waals surface area contributed by atoms with Gasteiger partial charge in [0.15, 0.2) is 5.11 Å². The zero-order chi connectivity index (χ0) is 16.1. The summed E-state index contributed by atoms with van der Waals surface area (Å²) in [5.74, 6) is -0.130. The van der Waals surface area contributed by atoms with Crippen molar-refractivity contribution in [3.63, 3.8) is 0 Å². The second-order valence-corrected chi connectivity index (χ2v) is 5.63. The third-order valence-electron chi connectivity index (χ3n) is 3.47. The van der Waals surface area contributed by atoms with Crippen LogP contribution in [0.25, 0.3) is 10.8 Å². The molecule has 0 atom stereocenters. The van der Waals surface area contributed by atoms with E-state index in [4.69, 9.17) is 12.2 Å². The van der Waals surface area contributed by atoms with Crippen LogP contribution in [0.4, 0.5) is 5.69 Å². The summed E-state index contributed by atoms with van der Waals surface area (Å²) in [5, 5.41) is 8.35. The van der Waals surface area contributed by atoms with Gasteiger partial charge in [0, 0.05) is 5.69 Å². The number of thiocarbonyl (C=S) groups is 1. The summed E-state index contributed by atoms with van der Waals surface area (Å²) in [6.07, 6.45) is 0.306. The zero-order valence-corrected chi connectivity index (χ0v) is 13.3. The maximum absolute atomic E-state index is 12.0. The van der Waals surface area contributed by atoms with E-state index in [1.165, 1.54) is 0 Å². The summed E-state index contributed by atoms with van der Waals surface area (Å²) in [7, 11) is 0. The average Bonchev–Trinajstić information content (AvgIpc) is 2.55. The molecular weight excluding hydrogens is 304 g/mol. The second-order valence-electron chi connectivity index (χ2n) is 5.23. The van der Waals surface area contributed by atoms with Crippen LogP contribution in [-0.4, -0.2) is 11.0 Å². The van der Waals surface area contributed by atoms with E-state index in [1.54, 1.807) is 0 Å². The standard InChI is InChI=1S/C19H16N2OS/c22-18(12-14-6-2-1-3-7-14)21-19(23)20-17-11-10-15-8-4-5-9-16(15)13-17/h1-11,13H,12H2,(H2,20,21,22,23). The molecule has 0 bridgehead atoms. The van der Waals surface area contributed by atoms with E-state index >= 15 is 0 Å². The molecular formula is C19H16N2OS. The molecule has 0 aliphatic rings. The Kier molecular flexibility index (Phi) is 4.64. The van der Waals surface area contributed by atoms with Gasteiger partial charge in [-0.25, -0.2) is 0 Å². The molecule has 4 heteroatoms. The first kappa shape index (κ1) is 15.2. The first-order valence-electron chi connectivity index (χ1n) is 7.34. The molecule has 0 spiro atoms. The lowest BCUT2D eigenvalue weighted by Crippen LogP contribution is -2.35. The van der Waals surface area contributed by atoms with Crippen LogP contribution < -0.4 is 10.6 Å². The largest absolute Gasteiger partial charge is 0.332 e. The Hall–Kier alpha value is -2.72. The summed E-state index contributed by atoms with van der Waals surface area (Å²) >= 11 is 5.21. The summed E-state index contributed by atoms with van der Waals surface area (Å²) in [4.78, 5) is 12.0. The maximum Gasteiger partial charge on any atom is 0.230 e. The van der Waals surface area contributed by atoms with Crippen LogP contribution in [0.5, 0.6) is 0 Å². The van der Waals surface area contributed by atoms with E-state index in [9.17, 15) is 4.79 Å². The van der Waals surface area contributed by atoms with E-state index in [0.717, 1.165) is 22.0 Å². The molecule has 3 aromatic rings. The predicted molar refractivity (Wildman–Crippen MR) is 98.5 cm³/mol. The topological polar surface area (TPSA) is 41.1 Å². The fraction of sp³-hybridized carbons (Fsp3) is 0.0526. The minimum Gasteiger partial charge on any atom is -0.332 e. The quantitative estimate of drug-likeness (QED) is 0.719. The lowest BCUT2D eigenvalue weighted by Gasteiger charge is -2.10. The fourth-order valence-electron chi connectivity index (χ4n) is 2.38. The predicted octanol–water partition coefficient (Wildman–Crippen LogP) is 3.90. The van der Waals surface area contributed by atoms with Gasteiger partial charge in [-0.3, -0.25) is 4.79 Å². The Morgan fingerprint density at radius 1 is 0.870 bits per heavy atom. The van der Waals surface area contributed by atoms with Gasteiger partial charge in [0.1, 0.15) is 0 Å². The van der Waals surface area contributed by atoms with Gasteiger partial charge in [-0.05, 0) is 40.7 Å². The molecule has 0 saturated carbocycles. The summed E-state index contributed by atoms with van der Waals surface area (Å²) in [6.45, 7) is 0. The van der Waals surface area contributed by atoms with Crippen molar-refractivity contribution in [3.8, 4) is 0 Å². The highest BCUT2D eigenvalue weighted by Crippen LogP contribution is 2.18. The van der Waals surface area contributed by atoms with Crippen molar-refractivity contribution >= 4 is 39.7 Å². The number of hydrogen-bond acceptors (Lipinski definition) is 2. The van der Waals surface area contributed by atoms with Crippen LogP contribution in [0, 0.1) is 0 Å². The SMILES string of the molecule is O=C(Cc1ccccc1)NC(=S)Nc1ccc2ccccc2c1. The summed E-state index contributed by atoms with van der Waals surface area (Å²) in [5.41, 5.74) is 1.81. The highest BCUT2D eigenvalue weighted by atomic mass is 32.1. The van der Waals surface area contributed by atoms with Crippen molar-refractivity contribution in [2.45, 2.75) is 6.42 Å². The highest BCUT2D eigenvalue weighted by molar-refractivity contribution is 7.80. The van der Waals surface area contributed by atoms with Crippen LogP contribution in [0.1, 0.15) is 5.56 Å². The molecule has 0 fully saturated rings. The Morgan fingerprint density at radius 3 is 2.35 bits per heavy atom. The molecule has 114 valence electrons. The fourth-order valence-corrected chi connectivity index (χ4v) is 2.61. The number of benzene rings is 3. The Balaban J connectivity index is 1.60. The Morgan fingerprint density at radius 2 is 1.57 bits per heavy atom. The third kappa shape index (κ3) is 4.14. The molecule has 0 unspecified atom stereocenters. The van der Waals surface area contributed by atoms with Gasteiger partial charge in [0.2, 0.25) is 5.91 Å². The number of amides is 1. The second kappa shape index (κ2) is 7.03. The molecule has 2 N–H and O–H groups in total. The first-order valence-corrected chi connectivity index (χ1v) is 7.75. The van der Waals surface area contributed by atoms with Crippen LogP contribution >= 0.6 is 12.2 Å². The van der Waals surface area contributed by atoms with Gasteiger partial charge in [0.05, 0.1) is 6.42 Å². The van der Waals surface area contributed by atoms with Gasteiger partial charge >= 0.3 is 0 Å². The average molecular weight is 320 g/mol. The van der Waals surface area contributed by atoms with Crippen molar-refractivity contribution in [2.24, 2.45) is 0 Å². The van der Waals surface area contributed by atoms with Crippen molar-refractivity contribution in [1.29, 1.82) is 0 Å². The van der Waals surface area contributed by atoms with Crippen molar-refractivity contribution < 1.29 is 4.79 Å². The molecule has 0 aliphatic carbocycles. The van der Waals surface area contributed by atoms with E-state index in [2.05, 4.69) is 16.7 Å². The molecule has 0 radical (unpaired) electrons. The van der Waals surface area contributed by atoms with Crippen molar-refractivity contribution in [3.05, 3.63) is 78.4 Å². The lowest BCUT2D eigenvalue weighted by molar-refractivity contribution is -0.119. The number of rotatable bonds is 3. The van der Waals surface area contributed by atoms with Gasteiger partial charge in [0.25, 0.3) is 0 Å². The van der Waals surface area contributed by atoms with Gasteiger partial charge in [-0.1, -0.05) is 60.7 Å². The monoisotopic (exact) mass is 320 g/mol. The molecule has 0 saturated heterocycles. The zero-order valence-electron chi connectivity index (χ0n) is 12.5. The smallest absolute Gasteiger partial charge is 0.230 e. The number of anilines is 1. The van der Waals surface area contributed by atoms with Crippen molar-refractivity contribution in [2.75, 3.05) is 5.32 Å². The van der Waals surface area contributed by atoms with E-state index in [-0.39, 0.29) is 5.91 Å². The number of carbonyl (C=O) groups excluding carboxylic acids is 1. The van der Waals surface area contributed by atoms with E-state index in [1.807, 2.05) is 66.7 Å². The molecule has 3 aromatic carbocycles. The normalized spacial score (nSPS) is 10.3. The van der Waals surface area contributed by atoms with Crippen molar-refractivity contribution in [1.82, 2.24) is 5.32 Å². The highest BCUT2D eigenvalue weighted by Gasteiger charge is 2.06. The first-order chi connectivity index (χ1) is 11.2. The number of hydrogen-bond donors (Lipinski definition) is 2. The van der Waals surface area contributed by atoms with Crippen LogP contribution in [0.2, 0.25) is 0 Å². The number of nitrogens with one attached hydrogen (secondary N) is 2. The molecule has 3 rings (SSSR count). The molecule has 1 amide bonds. The molecule has 0 aromatic heterocycles. The van der Waals surface area contributed by atoms with Gasteiger partial charge in [-0.15, -0.1) is 0 Å². The van der Waals surface area contributed by atoms with Crippen LogP contribution in [0.15, 0.2) is 72.8 Å². The number of carbonyl (C=O) groups is 1. The minimum atomic E-state index is -0.130.